The first-order valence-electron chi connectivity index (χ1n) is 12.0. The smallest absolute Gasteiger partial charge is 0.183 e. The summed E-state index contributed by atoms with van der Waals surface area (Å²) in [4.78, 5) is 13.2. The highest BCUT2D eigenvalue weighted by Crippen LogP contribution is 2.38. The Morgan fingerprint density at radius 1 is 1.06 bits per heavy atom. The number of aliphatic imine (C=N–C) groups is 1. The van der Waals surface area contributed by atoms with Crippen molar-refractivity contribution >= 4 is 11.5 Å². The molecular weight excluding hydrogens is 458 g/mol. The Kier molecular flexibility index (Phi) is 5.64. The SMILES string of the molecule is CC1Cc2ccccc2C1Nc1nc(-c2cc(C3=NCC=C3)n(Cc3ccccc3F)n2)ncc1F. The van der Waals surface area contributed by atoms with Gasteiger partial charge in [-0.2, -0.15) is 5.10 Å². The fourth-order valence-electron chi connectivity index (χ4n) is 4.93. The van der Waals surface area contributed by atoms with E-state index in [4.69, 9.17) is 0 Å². The van der Waals surface area contributed by atoms with E-state index >= 15 is 0 Å². The third kappa shape index (κ3) is 4.08. The number of nitrogens with zero attached hydrogens (tertiary/aromatic N) is 5. The number of nitrogens with one attached hydrogen (secondary N) is 1. The summed E-state index contributed by atoms with van der Waals surface area (Å²) in [7, 11) is 0. The highest BCUT2D eigenvalue weighted by atomic mass is 19.1. The van der Waals surface area contributed by atoms with Crippen LogP contribution in [0.5, 0.6) is 0 Å². The summed E-state index contributed by atoms with van der Waals surface area (Å²) in [5.74, 6) is -0.117. The molecule has 0 fully saturated rings. The summed E-state index contributed by atoms with van der Waals surface area (Å²) < 4.78 is 30.9. The van der Waals surface area contributed by atoms with Gasteiger partial charge in [0.1, 0.15) is 11.5 Å². The molecule has 0 saturated heterocycles. The predicted octanol–water partition coefficient (Wildman–Crippen LogP) is 5.37. The highest BCUT2D eigenvalue weighted by molar-refractivity contribution is 6.09. The van der Waals surface area contributed by atoms with Gasteiger partial charge in [0, 0.05) is 5.56 Å². The van der Waals surface area contributed by atoms with Crippen molar-refractivity contribution in [3.05, 3.63) is 107 Å². The first-order valence-corrected chi connectivity index (χ1v) is 12.0. The van der Waals surface area contributed by atoms with Crippen LogP contribution in [0.15, 0.2) is 77.9 Å². The minimum absolute atomic E-state index is 0.0504. The zero-order valence-electron chi connectivity index (χ0n) is 19.7. The number of aromatic nitrogens is 4. The number of allylic oxidation sites excluding steroid dienone is 1. The average Bonchev–Trinajstić information content (AvgIpc) is 3.61. The van der Waals surface area contributed by atoms with Crippen LogP contribution in [-0.2, 0) is 13.0 Å². The van der Waals surface area contributed by atoms with Crippen LogP contribution in [0.2, 0.25) is 0 Å². The summed E-state index contributed by atoms with van der Waals surface area (Å²) in [5, 5.41) is 7.98. The van der Waals surface area contributed by atoms with Crippen LogP contribution >= 0.6 is 0 Å². The van der Waals surface area contributed by atoms with Crippen molar-refractivity contribution in [2.24, 2.45) is 10.9 Å². The van der Waals surface area contributed by atoms with Gasteiger partial charge in [-0.25, -0.2) is 18.7 Å². The van der Waals surface area contributed by atoms with Crippen molar-refractivity contribution in [2.45, 2.75) is 25.9 Å². The molecule has 0 radical (unpaired) electrons. The van der Waals surface area contributed by atoms with Gasteiger partial charge in [-0.15, -0.1) is 0 Å². The van der Waals surface area contributed by atoms with Crippen molar-refractivity contribution in [1.82, 2.24) is 19.7 Å². The molecule has 2 aromatic heterocycles. The largest absolute Gasteiger partial charge is 0.360 e. The Morgan fingerprint density at radius 3 is 2.72 bits per heavy atom. The fourth-order valence-corrected chi connectivity index (χ4v) is 4.93. The van der Waals surface area contributed by atoms with Gasteiger partial charge in [0.15, 0.2) is 17.5 Å². The Labute approximate surface area is 207 Å². The van der Waals surface area contributed by atoms with Crippen LogP contribution in [0.1, 0.15) is 35.3 Å². The third-order valence-electron chi connectivity index (χ3n) is 6.73. The maximum atomic E-state index is 14.8. The van der Waals surface area contributed by atoms with Crippen molar-refractivity contribution in [2.75, 3.05) is 11.9 Å². The van der Waals surface area contributed by atoms with E-state index < -0.39 is 5.82 Å². The van der Waals surface area contributed by atoms with Crippen LogP contribution in [0, 0.1) is 17.6 Å². The molecule has 6 nitrogen and oxygen atoms in total. The van der Waals surface area contributed by atoms with Gasteiger partial charge in [0.25, 0.3) is 0 Å². The zero-order chi connectivity index (χ0) is 24.6. The Bertz CT molecular complexity index is 1510. The Hall–Kier alpha value is -4.20. The number of hydrogen-bond donors (Lipinski definition) is 1. The lowest BCUT2D eigenvalue weighted by atomic mass is 10.0. The Balaban J connectivity index is 1.36. The van der Waals surface area contributed by atoms with E-state index in [1.54, 1.807) is 22.9 Å². The summed E-state index contributed by atoms with van der Waals surface area (Å²) in [6, 6.07) is 16.6. The van der Waals surface area contributed by atoms with Gasteiger partial charge < -0.3 is 5.32 Å². The van der Waals surface area contributed by atoms with Gasteiger partial charge in [-0.1, -0.05) is 55.5 Å². The minimum Gasteiger partial charge on any atom is -0.360 e. The van der Waals surface area contributed by atoms with Crippen LogP contribution in [0.4, 0.5) is 14.6 Å². The van der Waals surface area contributed by atoms with Crippen LogP contribution in [0.3, 0.4) is 0 Å². The highest BCUT2D eigenvalue weighted by Gasteiger charge is 2.30. The standard InChI is InChI=1S/C28H24F2N6/c1-17-13-18-7-2-4-9-20(18)26(17)33-27-22(30)15-32-28(34-27)24-14-25(23-11-6-12-31-23)36(35-24)16-19-8-3-5-10-21(19)29/h2-11,14-15,17,26H,12-13,16H2,1H3,(H,32,33,34). The molecule has 2 atom stereocenters. The number of fused-ring (bicyclic) bond motifs is 1. The maximum Gasteiger partial charge on any atom is 0.183 e. The lowest BCUT2D eigenvalue weighted by molar-refractivity contribution is 0.533. The van der Waals surface area contributed by atoms with Crippen molar-refractivity contribution in [3.63, 3.8) is 0 Å². The van der Waals surface area contributed by atoms with Crippen LogP contribution < -0.4 is 5.32 Å². The second-order valence-corrected chi connectivity index (χ2v) is 9.18. The molecule has 1 aliphatic heterocycles. The monoisotopic (exact) mass is 482 g/mol. The molecular formula is C28H24F2N6. The Morgan fingerprint density at radius 2 is 1.89 bits per heavy atom. The lowest BCUT2D eigenvalue weighted by Gasteiger charge is -2.20. The second-order valence-electron chi connectivity index (χ2n) is 9.18. The molecule has 1 N–H and O–H groups in total. The molecule has 6 rings (SSSR count). The van der Waals surface area contributed by atoms with Crippen LogP contribution in [-0.4, -0.2) is 32.0 Å². The second kappa shape index (κ2) is 9.11. The van der Waals surface area contributed by atoms with Gasteiger partial charge in [-0.05, 0) is 41.7 Å². The van der Waals surface area contributed by atoms with E-state index in [9.17, 15) is 8.78 Å². The topological polar surface area (TPSA) is 68.0 Å². The summed E-state index contributed by atoms with van der Waals surface area (Å²) >= 11 is 0. The molecule has 8 heteroatoms. The zero-order valence-corrected chi connectivity index (χ0v) is 19.7. The molecule has 0 bridgehead atoms. The molecule has 3 heterocycles. The van der Waals surface area contributed by atoms with Crippen molar-refractivity contribution in [1.29, 1.82) is 0 Å². The van der Waals surface area contributed by atoms with E-state index in [-0.39, 0.29) is 30.0 Å². The van der Waals surface area contributed by atoms with E-state index in [0.29, 0.717) is 23.7 Å². The first kappa shape index (κ1) is 22.3. The van der Waals surface area contributed by atoms with E-state index in [0.717, 1.165) is 23.4 Å². The molecule has 2 aromatic carbocycles. The summed E-state index contributed by atoms with van der Waals surface area (Å²) in [5.41, 5.74) is 4.87. The molecule has 180 valence electrons. The van der Waals surface area contributed by atoms with Gasteiger partial charge in [0.2, 0.25) is 0 Å². The number of anilines is 1. The van der Waals surface area contributed by atoms with E-state index in [2.05, 4.69) is 44.4 Å². The molecule has 2 aliphatic rings. The predicted molar refractivity (Wildman–Crippen MR) is 135 cm³/mol. The number of rotatable bonds is 6. The summed E-state index contributed by atoms with van der Waals surface area (Å²) in [6.45, 7) is 2.94. The molecule has 0 saturated carbocycles. The quantitative estimate of drug-likeness (QED) is 0.401. The van der Waals surface area contributed by atoms with Crippen molar-refractivity contribution < 1.29 is 8.78 Å². The lowest BCUT2D eigenvalue weighted by Crippen LogP contribution is -2.16. The maximum absolute atomic E-state index is 14.8. The molecule has 0 amide bonds. The fraction of sp³-hybridized carbons (Fsp3) is 0.214. The number of benzene rings is 2. The van der Waals surface area contributed by atoms with Crippen LogP contribution in [0.25, 0.3) is 11.5 Å². The van der Waals surface area contributed by atoms with Gasteiger partial charge in [0.05, 0.1) is 36.7 Å². The molecule has 4 aromatic rings. The van der Waals surface area contributed by atoms with E-state index in [1.807, 2.05) is 30.4 Å². The van der Waals surface area contributed by atoms with E-state index in [1.165, 1.54) is 17.8 Å². The normalized spacial score (nSPS) is 18.4. The molecule has 1 aliphatic carbocycles. The number of halogens is 2. The molecule has 36 heavy (non-hydrogen) atoms. The van der Waals surface area contributed by atoms with Crippen molar-refractivity contribution in [3.8, 4) is 11.5 Å². The van der Waals surface area contributed by atoms with Gasteiger partial charge >= 0.3 is 0 Å². The van der Waals surface area contributed by atoms with Gasteiger partial charge in [-0.3, -0.25) is 9.67 Å². The third-order valence-corrected chi connectivity index (χ3v) is 6.73. The minimum atomic E-state index is -0.524. The first-order chi connectivity index (χ1) is 17.6. The molecule has 2 unspecified atom stereocenters. The summed E-state index contributed by atoms with van der Waals surface area (Å²) in [6.07, 6.45) is 5.95. The number of hydrogen-bond acceptors (Lipinski definition) is 5. The average molecular weight is 483 g/mol. The molecule has 0 spiro atoms.